The number of carbonyl (C=O) groups is 1. The number of hydrogen-bond donors (Lipinski definition) is 0. The van der Waals surface area contributed by atoms with Crippen molar-refractivity contribution in [2.45, 2.75) is 29.9 Å². The third kappa shape index (κ3) is 3.39. The van der Waals surface area contributed by atoms with Crippen molar-refractivity contribution in [3.05, 3.63) is 60.2 Å². The minimum absolute atomic E-state index is 0.00448. The van der Waals surface area contributed by atoms with Crippen molar-refractivity contribution in [1.29, 1.82) is 0 Å². The van der Waals surface area contributed by atoms with Gasteiger partial charge in [0.2, 0.25) is 5.78 Å². The highest BCUT2D eigenvalue weighted by molar-refractivity contribution is 8.00. The van der Waals surface area contributed by atoms with Crippen LogP contribution in [0.2, 0.25) is 0 Å². The molecule has 0 N–H and O–H groups in total. The second-order valence-electron chi connectivity index (χ2n) is 6.33. The van der Waals surface area contributed by atoms with E-state index in [1.807, 2.05) is 28.9 Å². The Labute approximate surface area is 151 Å². The Balaban J connectivity index is 1.39. The monoisotopic (exact) mass is 352 g/mol. The molecule has 6 heteroatoms. The molecule has 1 amide bonds. The maximum atomic E-state index is 12.7. The molecular weight excluding hydrogens is 332 g/mol. The predicted octanol–water partition coefficient (Wildman–Crippen LogP) is 3.43. The Morgan fingerprint density at radius 1 is 1.20 bits per heavy atom. The van der Waals surface area contributed by atoms with Gasteiger partial charge in [-0.15, -0.1) is 11.8 Å². The standard InChI is InChI=1S/C19H20N4OS/c1-14-5-2-3-6-17(14)25-15-7-11-22(12-8-15)18(24)16-13-23-10-4-9-20-19(23)21-16/h2-6,9-10,13,15H,7-8,11-12H2,1H3. The molecule has 1 aliphatic heterocycles. The molecule has 0 spiro atoms. The topological polar surface area (TPSA) is 50.5 Å². The first-order chi connectivity index (χ1) is 12.2. The Bertz CT molecular complexity index is 866. The van der Waals surface area contributed by atoms with Crippen LogP contribution in [-0.4, -0.2) is 43.5 Å². The van der Waals surface area contributed by atoms with Crippen LogP contribution in [0.15, 0.2) is 53.8 Å². The fourth-order valence-corrected chi connectivity index (χ4v) is 4.36. The summed E-state index contributed by atoms with van der Waals surface area (Å²) in [5, 5.41) is 0.563. The molecule has 0 aliphatic carbocycles. The van der Waals surface area contributed by atoms with E-state index in [0.29, 0.717) is 16.7 Å². The molecular formula is C19H20N4OS. The number of fused-ring (bicyclic) bond motifs is 1. The highest BCUT2D eigenvalue weighted by atomic mass is 32.2. The number of aromatic nitrogens is 3. The van der Waals surface area contributed by atoms with Crippen molar-refractivity contribution in [3.63, 3.8) is 0 Å². The van der Waals surface area contributed by atoms with Gasteiger partial charge in [-0.25, -0.2) is 9.97 Å². The largest absolute Gasteiger partial charge is 0.337 e. The number of piperidine rings is 1. The van der Waals surface area contributed by atoms with Crippen LogP contribution in [0.5, 0.6) is 0 Å². The number of likely N-dealkylation sites (tertiary alicyclic amines) is 1. The normalized spacial score (nSPS) is 15.6. The van der Waals surface area contributed by atoms with Gasteiger partial charge in [-0.1, -0.05) is 18.2 Å². The zero-order chi connectivity index (χ0) is 17.2. The highest BCUT2D eigenvalue weighted by Crippen LogP contribution is 2.32. The number of imidazole rings is 1. The minimum atomic E-state index is 0.00448. The predicted molar refractivity (Wildman–Crippen MR) is 98.9 cm³/mol. The van der Waals surface area contributed by atoms with E-state index >= 15 is 0 Å². The summed E-state index contributed by atoms with van der Waals surface area (Å²) in [5.41, 5.74) is 1.80. The summed E-state index contributed by atoms with van der Waals surface area (Å²) in [6.07, 6.45) is 7.33. The van der Waals surface area contributed by atoms with Crippen molar-refractivity contribution < 1.29 is 4.79 Å². The van der Waals surface area contributed by atoms with E-state index in [2.05, 4.69) is 41.2 Å². The Kier molecular flexibility index (Phi) is 4.44. The van der Waals surface area contributed by atoms with E-state index < -0.39 is 0 Å². The molecule has 128 valence electrons. The molecule has 0 unspecified atom stereocenters. The van der Waals surface area contributed by atoms with E-state index in [9.17, 15) is 4.79 Å². The average molecular weight is 352 g/mol. The summed E-state index contributed by atoms with van der Waals surface area (Å²) in [7, 11) is 0. The van der Waals surface area contributed by atoms with Crippen LogP contribution in [0.3, 0.4) is 0 Å². The first-order valence-corrected chi connectivity index (χ1v) is 9.40. The number of amides is 1. The summed E-state index contributed by atoms with van der Waals surface area (Å²) in [4.78, 5) is 24.5. The second kappa shape index (κ2) is 6.88. The van der Waals surface area contributed by atoms with Gasteiger partial charge in [-0.05, 0) is 37.5 Å². The summed E-state index contributed by atoms with van der Waals surface area (Å²) in [6.45, 7) is 3.71. The molecule has 4 rings (SSSR count). The van der Waals surface area contributed by atoms with E-state index in [4.69, 9.17) is 0 Å². The maximum Gasteiger partial charge on any atom is 0.274 e. The van der Waals surface area contributed by atoms with Crippen LogP contribution in [0, 0.1) is 6.92 Å². The van der Waals surface area contributed by atoms with Crippen molar-refractivity contribution in [2.24, 2.45) is 0 Å². The Hall–Kier alpha value is -2.34. The van der Waals surface area contributed by atoms with E-state index in [0.717, 1.165) is 25.9 Å². The van der Waals surface area contributed by atoms with Crippen molar-refractivity contribution in [3.8, 4) is 0 Å². The molecule has 0 radical (unpaired) electrons. The zero-order valence-electron chi connectivity index (χ0n) is 14.1. The first kappa shape index (κ1) is 16.1. The van der Waals surface area contributed by atoms with Gasteiger partial charge in [-0.3, -0.25) is 9.20 Å². The van der Waals surface area contributed by atoms with Gasteiger partial charge in [0, 0.05) is 41.8 Å². The molecule has 1 saturated heterocycles. The molecule has 25 heavy (non-hydrogen) atoms. The fourth-order valence-electron chi connectivity index (χ4n) is 3.14. The Morgan fingerprint density at radius 2 is 2.00 bits per heavy atom. The van der Waals surface area contributed by atoms with Crippen molar-refractivity contribution in [2.75, 3.05) is 13.1 Å². The second-order valence-corrected chi connectivity index (χ2v) is 7.67. The van der Waals surface area contributed by atoms with Gasteiger partial charge < -0.3 is 4.90 Å². The number of nitrogens with zero attached hydrogens (tertiary/aromatic N) is 4. The third-order valence-electron chi connectivity index (χ3n) is 4.57. The van der Waals surface area contributed by atoms with E-state index in [-0.39, 0.29) is 5.91 Å². The van der Waals surface area contributed by atoms with Crippen molar-refractivity contribution >= 4 is 23.4 Å². The number of thioether (sulfide) groups is 1. The van der Waals surface area contributed by atoms with Crippen LogP contribution >= 0.6 is 11.8 Å². The Morgan fingerprint density at radius 3 is 2.76 bits per heavy atom. The molecule has 0 saturated carbocycles. The molecule has 3 heterocycles. The molecule has 1 fully saturated rings. The van der Waals surface area contributed by atoms with Crippen LogP contribution in [0.4, 0.5) is 0 Å². The van der Waals surface area contributed by atoms with Crippen LogP contribution in [-0.2, 0) is 0 Å². The molecule has 3 aromatic rings. The van der Waals surface area contributed by atoms with E-state index in [1.165, 1.54) is 10.5 Å². The third-order valence-corrected chi connectivity index (χ3v) is 6.09. The highest BCUT2D eigenvalue weighted by Gasteiger charge is 2.26. The smallest absolute Gasteiger partial charge is 0.274 e. The minimum Gasteiger partial charge on any atom is -0.337 e. The molecule has 2 aromatic heterocycles. The number of benzene rings is 1. The number of carbonyl (C=O) groups excluding carboxylic acids is 1. The van der Waals surface area contributed by atoms with Crippen LogP contribution in [0.1, 0.15) is 28.9 Å². The lowest BCUT2D eigenvalue weighted by Crippen LogP contribution is -2.39. The van der Waals surface area contributed by atoms with Crippen molar-refractivity contribution in [1.82, 2.24) is 19.3 Å². The molecule has 1 aromatic carbocycles. The molecule has 1 aliphatic rings. The average Bonchev–Trinajstić information content (AvgIpc) is 3.08. The molecule has 0 bridgehead atoms. The molecule has 5 nitrogen and oxygen atoms in total. The van der Waals surface area contributed by atoms with Gasteiger partial charge in [-0.2, -0.15) is 0 Å². The molecule has 0 atom stereocenters. The van der Waals surface area contributed by atoms with Gasteiger partial charge in [0.25, 0.3) is 5.91 Å². The lowest BCUT2D eigenvalue weighted by Gasteiger charge is -2.31. The van der Waals surface area contributed by atoms with Crippen LogP contribution < -0.4 is 0 Å². The maximum absolute atomic E-state index is 12.7. The quantitative estimate of drug-likeness (QED) is 0.725. The zero-order valence-corrected chi connectivity index (χ0v) is 14.9. The fraction of sp³-hybridized carbons (Fsp3) is 0.316. The lowest BCUT2D eigenvalue weighted by atomic mass is 10.1. The number of hydrogen-bond acceptors (Lipinski definition) is 4. The van der Waals surface area contributed by atoms with Gasteiger partial charge >= 0.3 is 0 Å². The number of aryl methyl sites for hydroxylation is 1. The SMILES string of the molecule is Cc1ccccc1SC1CCN(C(=O)c2cn3cccnc3n2)CC1. The van der Waals surface area contributed by atoms with Gasteiger partial charge in [0.15, 0.2) is 0 Å². The summed E-state index contributed by atoms with van der Waals surface area (Å²) >= 11 is 1.94. The van der Waals surface area contributed by atoms with Crippen LogP contribution in [0.25, 0.3) is 5.78 Å². The summed E-state index contributed by atoms with van der Waals surface area (Å²) in [5.74, 6) is 0.570. The van der Waals surface area contributed by atoms with Gasteiger partial charge in [0.1, 0.15) is 5.69 Å². The lowest BCUT2D eigenvalue weighted by molar-refractivity contribution is 0.0722. The summed E-state index contributed by atoms with van der Waals surface area (Å²) in [6, 6.07) is 10.3. The number of rotatable bonds is 3. The summed E-state index contributed by atoms with van der Waals surface area (Å²) < 4.78 is 1.79. The van der Waals surface area contributed by atoms with E-state index in [1.54, 1.807) is 16.8 Å². The van der Waals surface area contributed by atoms with Gasteiger partial charge in [0.05, 0.1) is 0 Å². The first-order valence-electron chi connectivity index (χ1n) is 8.52.